The fourth-order valence-corrected chi connectivity index (χ4v) is 3.48. The zero-order valence-electron chi connectivity index (χ0n) is 13.5. The van der Waals surface area contributed by atoms with Crippen molar-refractivity contribution < 1.29 is 0 Å². The van der Waals surface area contributed by atoms with Gasteiger partial charge in [-0.05, 0) is 45.7 Å². The summed E-state index contributed by atoms with van der Waals surface area (Å²) in [6.45, 7) is 8.31. The minimum atomic E-state index is 0.166. The number of aromatic nitrogens is 2. The minimum Gasteiger partial charge on any atom is -0.329 e. The number of likely N-dealkylation sites (N-methyl/N-ethyl adjacent to an activating group) is 1. The molecule has 0 spiro atoms. The Labute approximate surface area is 123 Å². The Morgan fingerprint density at radius 2 is 2.30 bits per heavy atom. The van der Waals surface area contributed by atoms with Gasteiger partial charge in [-0.1, -0.05) is 19.8 Å². The summed E-state index contributed by atoms with van der Waals surface area (Å²) in [5.41, 5.74) is 7.45. The van der Waals surface area contributed by atoms with Gasteiger partial charge in [-0.25, -0.2) is 0 Å². The number of hydrogen-bond donors (Lipinski definition) is 1. The first-order chi connectivity index (χ1) is 9.47. The molecule has 1 heterocycles. The summed E-state index contributed by atoms with van der Waals surface area (Å²) in [6, 6.07) is 2.56. The van der Waals surface area contributed by atoms with Crippen LogP contribution in [0.4, 0.5) is 0 Å². The molecule has 0 amide bonds. The molecular formula is C16H30N4. The molecule has 2 N–H and O–H groups in total. The molecule has 2 rings (SSSR count). The fourth-order valence-electron chi connectivity index (χ4n) is 3.48. The first-order valence-corrected chi connectivity index (χ1v) is 7.92. The van der Waals surface area contributed by atoms with Crippen LogP contribution in [-0.4, -0.2) is 33.8 Å². The molecule has 114 valence electrons. The van der Waals surface area contributed by atoms with Crippen LogP contribution in [0.25, 0.3) is 0 Å². The van der Waals surface area contributed by atoms with Gasteiger partial charge in [-0.15, -0.1) is 0 Å². The van der Waals surface area contributed by atoms with Gasteiger partial charge in [0, 0.05) is 30.9 Å². The lowest BCUT2D eigenvalue weighted by Crippen LogP contribution is -2.54. The topological polar surface area (TPSA) is 47.1 Å². The van der Waals surface area contributed by atoms with E-state index in [1.165, 1.54) is 25.7 Å². The molecule has 20 heavy (non-hydrogen) atoms. The van der Waals surface area contributed by atoms with Gasteiger partial charge >= 0.3 is 0 Å². The summed E-state index contributed by atoms with van der Waals surface area (Å²) in [5, 5.41) is 4.66. The average Bonchev–Trinajstić information content (AvgIpc) is 2.87. The predicted octanol–water partition coefficient (Wildman–Crippen LogP) is 2.80. The summed E-state index contributed by atoms with van der Waals surface area (Å²) in [6.07, 6.45) is 7.15. The van der Waals surface area contributed by atoms with Crippen molar-refractivity contribution in [3.05, 3.63) is 18.0 Å². The Bertz CT molecular complexity index is 426. The number of hydrogen-bond acceptors (Lipinski definition) is 3. The van der Waals surface area contributed by atoms with Gasteiger partial charge in [0.15, 0.2) is 0 Å². The lowest BCUT2D eigenvalue weighted by molar-refractivity contribution is 0.0543. The van der Waals surface area contributed by atoms with Crippen molar-refractivity contribution in [3.8, 4) is 0 Å². The zero-order chi connectivity index (χ0) is 14.8. The van der Waals surface area contributed by atoms with Gasteiger partial charge in [0.25, 0.3) is 0 Å². The lowest BCUT2D eigenvalue weighted by Gasteiger charge is -2.46. The molecule has 4 heteroatoms. The summed E-state index contributed by atoms with van der Waals surface area (Å²) >= 11 is 0. The van der Waals surface area contributed by atoms with Gasteiger partial charge < -0.3 is 5.73 Å². The maximum absolute atomic E-state index is 6.14. The van der Waals surface area contributed by atoms with E-state index in [4.69, 9.17) is 5.73 Å². The van der Waals surface area contributed by atoms with Crippen LogP contribution in [0.1, 0.15) is 58.2 Å². The molecule has 2 atom stereocenters. The summed E-state index contributed by atoms with van der Waals surface area (Å²) < 4.78 is 2.03. The Morgan fingerprint density at radius 1 is 1.55 bits per heavy atom. The second-order valence-corrected chi connectivity index (χ2v) is 6.87. The van der Waals surface area contributed by atoms with Gasteiger partial charge in [0.05, 0.1) is 5.69 Å². The van der Waals surface area contributed by atoms with Crippen molar-refractivity contribution in [2.24, 2.45) is 11.7 Å². The van der Waals surface area contributed by atoms with E-state index in [-0.39, 0.29) is 5.54 Å². The molecule has 0 aliphatic heterocycles. The molecule has 0 aromatic carbocycles. The Balaban J connectivity index is 2.06. The molecule has 0 radical (unpaired) electrons. The zero-order valence-corrected chi connectivity index (χ0v) is 13.5. The van der Waals surface area contributed by atoms with E-state index in [0.29, 0.717) is 6.04 Å². The molecule has 1 fully saturated rings. The van der Waals surface area contributed by atoms with E-state index in [1.807, 2.05) is 4.68 Å². The molecule has 1 aliphatic carbocycles. The SMILES string of the molecule is CC1CCCC(CN)(N(C)Cc2ccn(C(C)C)n2)C1. The van der Waals surface area contributed by atoms with Crippen LogP contribution in [-0.2, 0) is 6.54 Å². The third kappa shape index (κ3) is 3.23. The first kappa shape index (κ1) is 15.5. The summed E-state index contributed by atoms with van der Waals surface area (Å²) in [4.78, 5) is 2.44. The highest BCUT2D eigenvalue weighted by atomic mass is 15.3. The number of rotatable bonds is 5. The smallest absolute Gasteiger partial charge is 0.0764 e. The van der Waals surface area contributed by atoms with Crippen molar-refractivity contribution in [1.29, 1.82) is 0 Å². The second-order valence-electron chi connectivity index (χ2n) is 6.87. The van der Waals surface area contributed by atoms with Gasteiger partial charge in [0.2, 0.25) is 0 Å². The third-order valence-electron chi connectivity index (χ3n) is 4.85. The quantitative estimate of drug-likeness (QED) is 0.901. The van der Waals surface area contributed by atoms with E-state index in [0.717, 1.165) is 24.7 Å². The highest BCUT2D eigenvalue weighted by Crippen LogP contribution is 2.36. The normalized spacial score (nSPS) is 27.4. The summed E-state index contributed by atoms with van der Waals surface area (Å²) in [5.74, 6) is 0.781. The lowest BCUT2D eigenvalue weighted by atomic mass is 9.75. The van der Waals surface area contributed by atoms with Crippen LogP contribution >= 0.6 is 0 Å². The molecule has 1 aromatic rings. The Morgan fingerprint density at radius 3 is 2.85 bits per heavy atom. The van der Waals surface area contributed by atoms with E-state index in [2.05, 4.69) is 50.1 Å². The molecule has 1 saturated carbocycles. The molecule has 2 unspecified atom stereocenters. The largest absolute Gasteiger partial charge is 0.329 e. The molecule has 0 bridgehead atoms. The van der Waals surface area contributed by atoms with Crippen LogP contribution in [0.15, 0.2) is 12.3 Å². The molecule has 0 saturated heterocycles. The minimum absolute atomic E-state index is 0.166. The van der Waals surface area contributed by atoms with Crippen molar-refractivity contribution in [2.75, 3.05) is 13.6 Å². The molecular weight excluding hydrogens is 248 g/mol. The predicted molar refractivity (Wildman–Crippen MR) is 83.5 cm³/mol. The average molecular weight is 278 g/mol. The van der Waals surface area contributed by atoms with Crippen LogP contribution in [0, 0.1) is 5.92 Å². The number of nitrogens with zero attached hydrogens (tertiary/aromatic N) is 3. The summed E-state index contributed by atoms with van der Waals surface area (Å²) in [7, 11) is 2.21. The Kier molecular flexibility index (Phi) is 4.86. The maximum Gasteiger partial charge on any atom is 0.0764 e. The van der Waals surface area contributed by atoms with E-state index < -0.39 is 0 Å². The van der Waals surface area contributed by atoms with Gasteiger partial charge in [0.1, 0.15) is 0 Å². The molecule has 1 aromatic heterocycles. The van der Waals surface area contributed by atoms with E-state index in [9.17, 15) is 0 Å². The third-order valence-corrected chi connectivity index (χ3v) is 4.85. The van der Waals surface area contributed by atoms with Crippen molar-refractivity contribution in [1.82, 2.24) is 14.7 Å². The molecule has 1 aliphatic rings. The Hall–Kier alpha value is -0.870. The van der Waals surface area contributed by atoms with E-state index in [1.54, 1.807) is 0 Å². The van der Waals surface area contributed by atoms with Crippen LogP contribution < -0.4 is 5.73 Å². The highest BCUT2D eigenvalue weighted by Gasteiger charge is 2.37. The fraction of sp³-hybridized carbons (Fsp3) is 0.812. The van der Waals surface area contributed by atoms with Crippen LogP contribution in [0.2, 0.25) is 0 Å². The van der Waals surface area contributed by atoms with Crippen molar-refractivity contribution >= 4 is 0 Å². The standard InChI is InChI=1S/C16H30N4/c1-13(2)20-9-7-15(18-20)11-19(4)16(12-17)8-5-6-14(3)10-16/h7,9,13-14H,5-6,8,10-12,17H2,1-4H3. The second kappa shape index (κ2) is 6.27. The van der Waals surface area contributed by atoms with Crippen molar-refractivity contribution in [3.63, 3.8) is 0 Å². The maximum atomic E-state index is 6.14. The van der Waals surface area contributed by atoms with E-state index >= 15 is 0 Å². The van der Waals surface area contributed by atoms with Crippen LogP contribution in [0.5, 0.6) is 0 Å². The first-order valence-electron chi connectivity index (χ1n) is 7.92. The number of nitrogens with two attached hydrogens (primary N) is 1. The van der Waals surface area contributed by atoms with Gasteiger partial charge in [-0.3, -0.25) is 9.58 Å². The highest BCUT2D eigenvalue weighted by molar-refractivity contribution is 5.03. The van der Waals surface area contributed by atoms with Gasteiger partial charge in [-0.2, -0.15) is 5.10 Å². The monoisotopic (exact) mass is 278 g/mol. The van der Waals surface area contributed by atoms with Crippen molar-refractivity contribution in [2.45, 2.75) is 64.6 Å². The molecule has 4 nitrogen and oxygen atoms in total. The van der Waals surface area contributed by atoms with Crippen LogP contribution in [0.3, 0.4) is 0 Å².